The fraction of sp³-hybridized carbons (Fsp3) is 0.400. The number of aromatic nitrogens is 1. The summed E-state index contributed by atoms with van der Waals surface area (Å²) in [6.45, 7) is 10.1. The minimum atomic E-state index is -0.0392. The third kappa shape index (κ3) is 4.80. The molecule has 0 aliphatic carbocycles. The normalized spacial score (nSPS) is 13.0. The number of aryl methyl sites for hydroxylation is 1. The number of furan rings is 1. The largest absolute Gasteiger partial charge is 0.490 e. The maximum Gasteiger partial charge on any atom is 0.192 e. The summed E-state index contributed by atoms with van der Waals surface area (Å²) in [5.74, 6) is 2.35. The van der Waals surface area contributed by atoms with Crippen LogP contribution < -0.4 is 15.4 Å². The molecule has 27 heavy (non-hydrogen) atoms. The molecule has 2 N–H and O–H groups in total. The molecule has 3 rings (SSSR count). The van der Waals surface area contributed by atoms with Gasteiger partial charge in [0.05, 0.1) is 19.2 Å². The molecule has 1 aromatic carbocycles. The second-order valence-electron chi connectivity index (χ2n) is 6.18. The van der Waals surface area contributed by atoms with E-state index in [1.165, 1.54) is 4.88 Å². The van der Waals surface area contributed by atoms with Gasteiger partial charge in [-0.15, -0.1) is 11.3 Å². The molecule has 0 spiro atoms. The molecule has 0 saturated heterocycles. The number of nitrogens with zero attached hydrogens (tertiary/aromatic N) is 2. The monoisotopic (exact) mass is 386 g/mol. The van der Waals surface area contributed by atoms with Crippen LogP contribution >= 0.6 is 11.3 Å². The highest BCUT2D eigenvalue weighted by atomic mass is 32.1. The van der Waals surface area contributed by atoms with Gasteiger partial charge in [-0.2, -0.15) is 0 Å². The van der Waals surface area contributed by atoms with Crippen molar-refractivity contribution in [3.8, 4) is 5.75 Å². The average Bonchev–Trinajstić information content (AvgIpc) is 3.27. The van der Waals surface area contributed by atoms with Crippen molar-refractivity contribution in [1.29, 1.82) is 0 Å². The van der Waals surface area contributed by atoms with Crippen molar-refractivity contribution in [1.82, 2.24) is 15.6 Å². The van der Waals surface area contributed by atoms with Gasteiger partial charge < -0.3 is 19.8 Å². The third-order valence-electron chi connectivity index (χ3n) is 3.99. The molecule has 0 saturated carbocycles. The Bertz CT molecular complexity index is 916. The summed E-state index contributed by atoms with van der Waals surface area (Å²) in [7, 11) is 0. The van der Waals surface area contributed by atoms with E-state index < -0.39 is 0 Å². The molecule has 0 aliphatic heterocycles. The number of hydrogen-bond donors (Lipinski definition) is 2. The lowest BCUT2D eigenvalue weighted by Gasteiger charge is -2.15. The van der Waals surface area contributed by atoms with E-state index in [1.807, 2.05) is 44.3 Å². The van der Waals surface area contributed by atoms with Crippen molar-refractivity contribution in [3.63, 3.8) is 0 Å². The molecular formula is C20H26N4O2S. The minimum absolute atomic E-state index is 0.0392. The number of benzene rings is 1. The lowest BCUT2D eigenvalue weighted by molar-refractivity contribution is 0.336. The van der Waals surface area contributed by atoms with Gasteiger partial charge in [0.2, 0.25) is 0 Å². The molecule has 0 radical (unpaired) electrons. The molecule has 6 nitrogen and oxygen atoms in total. The van der Waals surface area contributed by atoms with E-state index in [0.29, 0.717) is 13.2 Å². The number of rotatable bonds is 7. The van der Waals surface area contributed by atoms with Gasteiger partial charge in [-0.25, -0.2) is 9.98 Å². The molecule has 3 aromatic rings. The maximum atomic E-state index is 6.08. The Morgan fingerprint density at radius 1 is 1.37 bits per heavy atom. The quantitative estimate of drug-likeness (QED) is 0.465. The van der Waals surface area contributed by atoms with Gasteiger partial charge in [0, 0.05) is 23.0 Å². The van der Waals surface area contributed by atoms with Crippen LogP contribution in [0.25, 0.3) is 11.0 Å². The summed E-state index contributed by atoms with van der Waals surface area (Å²) in [5.41, 5.74) is 0.781. The molecule has 0 bridgehead atoms. The second-order valence-corrected chi connectivity index (χ2v) is 7.50. The topological polar surface area (TPSA) is 71.7 Å². The number of nitrogens with one attached hydrogen (secondary N) is 2. The predicted octanol–water partition coefficient (Wildman–Crippen LogP) is 4.41. The summed E-state index contributed by atoms with van der Waals surface area (Å²) in [6, 6.07) is 7.94. The van der Waals surface area contributed by atoms with E-state index in [2.05, 4.69) is 34.5 Å². The Kier molecular flexibility index (Phi) is 6.34. The first-order valence-electron chi connectivity index (χ1n) is 9.22. The number of guanidine groups is 1. The van der Waals surface area contributed by atoms with Crippen LogP contribution in [0.3, 0.4) is 0 Å². The van der Waals surface area contributed by atoms with Crippen LogP contribution in [-0.4, -0.2) is 24.1 Å². The van der Waals surface area contributed by atoms with Crippen LogP contribution in [0.1, 0.15) is 42.5 Å². The molecule has 144 valence electrons. The Morgan fingerprint density at radius 2 is 2.22 bits per heavy atom. The zero-order valence-electron chi connectivity index (χ0n) is 16.2. The van der Waals surface area contributed by atoms with Crippen molar-refractivity contribution in [2.45, 2.75) is 40.3 Å². The van der Waals surface area contributed by atoms with E-state index in [0.717, 1.165) is 40.0 Å². The SMILES string of the molecule is CCNC(=NCc1ncc(C)s1)NC(C)c1cc2cccc(OCC)c2o1. The fourth-order valence-electron chi connectivity index (χ4n) is 2.76. The standard InChI is InChI=1S/C20H26N4O2S/c1-5-21-20(23-12-18-22-11-13(3)27-18)24-14(4)17-10-15-8-7-9-16(25-6-2)19(15)26-17/h7-11,14H,5-6,12H2,1-4H3,(H2,21,23,24). The molecule has 7 heteroatoms. The van der Waals surface area contributed by atoms with E-state index in [-0.39, 0.29) is 6.04 Å². The van der Waals surface area contributed by atoms with Crippen molar-refractivity contribution >= 4 is 28.3 Å². The van der Waals surface area contributed by atoms with E-state index in [9.17, 15) is 0 Å². The summed E-state index contributed by atoms with van der Waals surface area (Å²) < 4.78 is 11.7. The molecular weight excluding hydrogens is 360 g/mol. The lowest BCUT2D eigenvalue weighted by atomic mass is 10.2. The zero-order chi connectivity index (χ0) is 19.2. The van der Waals surface area contributed by atoms with Gasteiger partial charge >= 0.3 is 0 Å². The van der Waals surface area contributed by atoms with Crippen LogP contribution in [0, 0.1) is 6.92 Å². The lowest BCUT2D eigenvalue weighted by Crippen LogP contribution is -2.38. The van der Waals surface area contributed by atoms with Gasteiger partial charge in [-0.3, -0.25) is 0 Å². The molecule has 0 amide bonds. The van der Waals surface area contributed by atoms with Gasteiger partial charge in [-0.1, -0.05) is 12.1 Å². The molecule has 0 aliphatic rings. The van der Waals surface area contributed by atoms with Crippen LogP contribution in [0.2, 0.25) is 0 Å². The van der Waals surface area contributed by atoms with Crippen molar-refractivity contribution < 1.29 is 9.15 Å². The van der Waals surface area contributed by atoms with Crippen LogP contribution in [0.4, 0.5) is 0 Å². The van der Waals surface area contributed by atoms with Crippen LogP contribution in [0.15, 0.2) is 39.9 Å². The van der Waals surface area contributed by atoms with Gasteiger partial charge in [0.15, 0.2) is 17.3 Å². The fourth-order valence-corrected chi connectivity index (χ4v) is 3.47. The molecule has 0 fully saturated rings. The number of fused-ring (bicyclic) bond motifs is 1. The first-order chi connectivity index (χ1) is 13.1. The Balaban J connectivity index is 1.76. The smallest absolute Gasteiger partial charge is 0.192 e. The number of hydrogen-bond acceptors (Lipinski definition) is 5. The Labute approximate surface area is 163 Å². The Hall–Kier alpha value is -2.54. The number of para-hydroxylation sites is 1. The van der Waals surface area contributed by atoms with Crippen LogP contribution in [0.5, 0.6) is 5.75 Å². The molecule has 2 aromatic heterocycles. The van der Waals surface area contributed by atoms with Crippen molar-refractivity contribution in [2.24, 2.45) is 4.99 Å². The van der Waals surface area contributed by atoms with Gasteiger partial charge in [0.25, 0.3) is 0 Å². The highest BCUT2D eigenvalue weighted by Gasteiger charge is 2.15. The highest BCUT2D eigenvalue weighted by Crippen LogP contribution is 2.31. The van der Waals surface area contributed by atoms with Crippen molar-refractivity contribution in [3.05, 3.63) is 46.1 Å². The summed E-state index contributed by atoms with van der Waals surface area (Å²) in [6.07, 6.45) is 1.88. The summed E-state index contributed by atoms with van der Waals surface area (Å²) in [5, 5.41) is 8.71. The number of thiazole rings is 1. The van der Waals surface area contributed by atoms with Crippen LogP contribution in [-0.2, 0) is 6.54 Å². The summed E-state index contributed by atoms with van der Waals surface area (Å²) >= 11 is 1.67. The van der Waals surface area contributed by atoms with Gasteiger partial charge in [0.1, 0.15) is 10.8 Å². The molecule has 1 unspecified atom stereocenters. The minimum Gasteiger partial charge on any atom is -0.490 e. The zero-order valence-corrected chi connectivity index (χ0v) is 17.0. The van der Waals surface area contributed by atoms with Crippen molar-refractivity contribution in [2.75, 3.05) is 13.2 Å². The molecule has 1 atom stereocenters. The first kappa shape index (κ1) is 19.2. The number of ether oxygens (including phenoxy) is 1. The predicted molar refractivity (Wildman–Crippen MR) is 111 cm³/mol. The third-order valence-corrected chi connectivity index (χ3v) is 4.89. The van der Waals surface area contributed by atoms with E-state index in [1.54, 1.807) is 11.3 Å². The number of aliphatic imine (C=N–C) groups is 1. The second kappa shape index (κ2) is 8.90. The average molecular weight is 387 g/mol. The maximum absolute atomic E-state index is 6.08. The van der Waals surface area contributed by atoms with E-state index in [4.69, 9.17) is 9.15 Å². The highest BCUT2D eigenvalue weighted by molar-refractivity contribution is 7.11. The van der Waals surface area contributed by atoms with Gasteiger partial charge in [-0.05, 0) is 39.8 Å². The Morgan fingerprint density at radius 3 is 2.93 bits per heavy atom. The molecule has 2 heterocycles. The van der Waals surface area contributed by atoms with E-state index >= 15 is 0 Å². The summed E-state index contributed by atoms with van der Waals surface area (Å²) in [4.78, 5) is 10.2. The first-order valence-corrected chi connectivity index (χ1v) is 10.0.